The molecule has 0 spiro atoms. The van der Waals surface area contributed by atoms with Gasteiger partial charge >= 0.3 is 0 Å². The molecule has 1 aliphatic heterocycles. The molecule has 35 heavy (non-hydrogen) atoms. The van der Waals surface area contributed by atoms with Gasteiger partial charge in [-0.3, -0.25) is 9.59 Å². The smallest absolute Gasteiger partial charge is 0.287 e. The molecule has 10 heteroatoms. The molecular weight excluding hydrogens is 474 g/mol. The Morgan fingerprint density at radius 2 is 1.83 bits per heavy atom. The fraction of sp³-hybridized carbons (Fsp3) is 0.0800. The van der Waals surface area contributed by atoms with Crippen molar-refractivity contribution in [2.45, 2.75) is 0 Å². The average Bonchev–Trinajstić information content (AvgIpc) is 3.34. The van der Waals surface area contributed by atoms with Crippen LogP contribution in [0.15, 0.2) is 71.5 Å². The van der Waals surface area contributed by atoms with Gasteiger partial charge in [-0.05, 0) is 53.6 Å². The van der Waals surface area contributed by atoms with Crippen LogP contribution in [0.5, 0.6) is 23.0 Å². The van der Waals surface area contributed by atoms with E-state index in [-0.39, 0.29) is 29.0 Å². The average molecular weight is 494 g/mol. The molecule has 3 aromatic rings. The third-order valence-electron chi connectivity index (χ3n) is 4.89. The molecule has 3 aromatic carbocycles. The van der Waals surface area contributed by atoms with Crippen LogP contribution in [0.2, 0.25) is 5.02 Å². The summed E-state index contributed by atoms with van der Waals surface area (Å²) in [6.45, 7) is 0.112. The zero-order chi connectivity index (χ0) is 24.8. The Morgan fingerprint density at radius 1 is 1.06 bits per heavy atom. The van der Waals surface area contributed by atoms with Crippen LogP contribution >= 0.6 is 11.6 Å². The fourth-order valence-corrected chi connectivity index (χ4v) is 3.38. The molecule has 1 heterocycles. The van der Waals surface area contributed by atoms with Crippen LogP contribution in [0.3, 0.4) is 0 Å². The van der Waals surface area contributed by atoms with Gasteiger partial charge in [-0.25, -0.2) is 5.43 Å². The Morgan fingerprint density at radius 3 is 2.60 bits per heavy atom. The third kappa shape index (κ3) is 5.71. The Bertz CT molecular complexity index is 1320. The van der Waals surface area contributed by atoms with Crippen LogP contribution in [0.4, 0.5) is 0 Å². The number of nitrogens with one attached hydrogen (secondary N) is 2. The highest BCUT2D eigenvalue weighted by molar-refractivity contribution is 6.32. The molecule has 0 radical (unpaired) electrons. The topological polar surface area (TPSA) is 118 Å². The van der Waals surface area contributed by atoms with Crippen molar-refractivity contribution in [3.63, 3.8) is 0 Å². The second-order valence-corrected chi connectivity index (χ2v) is 7.65. The number of aromatic hydroxyl groups is 1. The number of phenols is 1. The summed E-state index contributed by atoms with van der Waals surface area (Å²) >= 11 is 5.98. The molecule has 9 nitrogen and oxygen atoms in total. The first kappa shape index (κ1) is 23.7. The van der Waals surface area contributed by atoms with Gasteiger partial charge in [-0.1, -0.05) is 35.9 Å². The lowest BCUT2D eigenvalue weighted by Crippen LogP contribution is -2.32. The van der Waals surface area contributed by atoms with Gasteiger partial charge in [0, 0.05) is 5.56 Å². The van der Waals surface area contributed by atoms with Crippen molar-refractivity contribution in [3.8, 4) is 23.0 Å². The Labute approximate surface area is 205 Å². The van der Waals surface area contributed by atoms with Crippen molar-refractivity contribution in [1.29, 1.82) is 0 Å². The minimum Gasteiger partial charge on any atom is -0.503 e. The summed E-state index contributed by atoms with van der Waals surface area (Å²) in [5, 5.41) is 16.5. The molecule has 0 atom stereocenters. The third-order valence-corrected chi connectivity index (χ3v) is 5.17. The number of methoxy groups -OCH3 is 1. The van der Waals surface area contributed by atoms with Crippen molar-refractivity contribution >= 4 is 35.7 Å². The standard InChI is InChI=1S/C25H20ClN3O6/c1-33-22-12-16(9-18(26)23(22)30)13-27-29-25(32)19(28-24(31)17-5-3-2-4-6-17)10-15-7-8-20-21(11-15)35-14-34-20/h2-13,30H,14H2,1H3,(H,28,31)(H,29,32). The number of fused-ring (bicyclic) bond motifs is 1. The Hall–Kier alpha value is -4.50. The van der Waals surface area contributed by atoms with Crippen molar-refractivity contribution in [1.82, 2.24) is 10.7 Å². The number of halogens is 1. The summed E-state index contributed by atoms with van der Waals surface area (Å²) in [6.07, 6.45) is 2.82. The SMILES string of the molecule is COc1cc(C=NNC(=O)C(=Cc2ccc3c(c2)OCO3)NC(=O)c2ccccc2)cc(Cl)c1O. The normalized spacial score (nSPS) is 12.5. The largest absolute Gasteiger partial charge is 0.503 e. The molecule has 0 saturated carbocycles. The molecule has 0 saturated heterocycles. The number of phenolic OH excluding ortho intramolecular Hbond substituents is 1. The number of rotatable bonds is 7. The first-order valence-corrected chi connectivity index (χ1v) is 10.7. The monoisotopic (exact) mass is 493 g/mol. The number of hydrogen-bond acceptors (Lipinski definition) is 7. The molecule has 0 fully saturated rings. The number of ether oxygens (including phenoxy) is 3. The van der Waals surface area contributed by atoms with Gasteiger partial charge in [0.1, 0.15) is 5.70 Å². The molecule has 1 aliphatic rings. The first-order chi connectivity index (χ1) is 16.9. The van der Waals surface area contributed by atoms with Crippen LogP contribution in [0.1, 0.15) is 21.5 Å². The van der Waals surface area contributed by atoms with E-state index in [0.29, 0.717) is 28.2 Å². The van der Waals surface area contributed by atoms with Gasteiger partial charge in [0.2, 0.25) is 6.79 Å². The molecule has 0 bridgehead atoms. The van der Waals surface area contributed by atoms with Crippen LogP contribution in [-0.2, 0) is 4.79 Å². The number of benzene rings is 3. The van der Waals surface area contributed by atoms with E-state index in [4.69, 9.17) is 25.8 Å². The van der Waals surface area contributed by atoms with Crippen LogP contribution in [0.25, 0.3) is 6.08 Å². The maximum absolute atomic E-state index is 12.9. The number of carbonyl (C=O) groups is 2. The zero-order valence-electron chi connectivity index (χ0n) is 18.4. The lowest BCUT2D eigenvalue weighted by atomic mass is 10.1. The molecule has 178 valence electrons. The lowest BCUT2D eigenvalue weighted by Gasteiger charge is -2.10. The van der Waals surface area contributed by atoms with E-state index in [0.717, 1.165) is 0 Å². The van der Waals surface area contributed by atoms with Gasteiger partial charge < -0.3 is 24.6 Å². The van der Waals surface area contributed by atoms with Gasteiger partial charge in [-0.15, -0.1) is 0 Å². The molecule has 3 N–H and O–H groups in total. The van der Waals surface area contributed by atoms with Gasteiger partial charge in [0.05, 0.1) is 18.3 Å². The van der Waals surface area contributed by atoms with Crippen molar-refractivity contribution in [3.05, 3.63) is 88.1 Å². The minimum atomic E-state index is -0.667. The highest BCUT2D eigenvalue weighted by atomic mass is 35.5. The predicted octanol–water partition coefficient (Wildman–Crippen LogP) is 3.70. The quantitative estimate of drug-likeness (QED) is 0.262. The predicted molar refractivity (Wildman–Crippen MR) is 130 cm³/mol. The van der Waals surface area contributed by atoms with E-state index in [9.17, 15) is 14.7 Å². The number of hydrazone groups is 1. The maximum Gasteiger partial charge on any atom is 0.287 e. The summed E-state index contributed by atoms with van der Waals surface area (Å²) in [5.74, 6) is -0.0540. The molecule has 0 unspecified atom stereocenters. The zero-order valence-corrected chi connectivity index (χ0v) is 19.2. The summed E-state index contributed by atoms with van der Waals surface area (Å²) in [5.41, 5.74) is 3.79. The van der Waals surface area contributed by atoms with E-state index in [1.165, 1.54) is 31.5 Å². The Kier molecular flexibility index (Phi) is 7.18. The second kappa shape index (κ2) is 10.6. The second-order valence-electron chi connectivity index (χ2n) is 7.24. The van der Waals surface area contributed by atoms with Gasteiger partial charge in [-0.2, -0.15) is 5.10 Å². The van der Waals surface area contributed by atoms with Crippen LogP contribution in [-0.4, -0.2) is 37.0 Å². The minimum absolute atomic E-state index is 0.0452. The number of amides is 2. The molecule has 0 aromatic heterocycles. The highest BCUT2D eigenvalue weighted by Crippen LogP contribution is 2.34. The summed E-state index contributed by atoms with van der Waals surface area (Å²) in [7, 11) is 1.39. The van der Waals surface area contributed by atoms with Crippen molar-refractivity contribution in [2.75, 3.05) is 13.9 Å². The van der Waals surface area contributed by atoms with E-state index in [1.807, 2.05) is 0 Å². The summed E-state index contributed by atoms with van der Waals surface area (Å²) < 4.78 is 15.7. The van der Waals surface area contributed by atoms with Crippen molar-refractivity contribution < 1.29 is 28.9 Å². The summed E-state index contributed by atoms with van der Waals surface area (Å²) in [4.78, 5) is 25.6. The van der Waals surface area contributed by atoms with Crippen LogP contribution in [0, 0.1) is 0 Å². The number of nitrogens with zero attached hydrogens (tertiary/aromatic N) is 1. The summed E-state index contributed by atoms with van der Waals surface area (Å²) in [6, 6.07) is 16.6. The van der Waals surface area contributed by atoms with Crippen molar-refractivity contribution in [2.24, 2.45) is 5.10 Å². The Balaban J connectivity index is 1.56. The van der Waals surface area contributed by atoms with E-state index >= 15 is 0 Å². The molecule has 2 amide bonds. The first-order valence-electron chi connectivity index (χ1n) is 10.3. The number of carbonyl (C=O) groups excluding carboxylic acids is 2. The fourth-order valence-electron chi connectivity index (χ4n) is 3.16. The van der Waals surface area contributed by atoms with Gasteiger partial charge in [0.25, 0.3) is 11.8 Å². The molecule has 4 rings (SSSR count). The van der Waals surface area contributed by atoms with E-state index in [2.05, 4.69) is 15.8 Å². The van der Waals surface area contributed by atoms with E-state index in [1.54, 1.807) is 48.5 Å². The van der Waals surface area contributed by atoms with E-state index < -0.39 is 11.8 Å². The van der Waals surface area contributed by atoms with Crippen LogP contribution < -0.4 is 25.0 Å². The maximum atomic E-state index is 12.9. The molecule has 0 aliphatic carbocycles. The highest BCUT2D eigenvalue weighted by Gasteiger charge is 2.17. The van der Waals surface area contributed by atoms with Gasteiger partial charge in [0.15, 0.2) is 23.0 Å². The molecular formula is C25H20ClN3O6. The number of hydrogen-bond donors (Lipinski definition) is 3. The lowest BCUT2D eigenvalue weighted by molar-refractivity contribution is -0.117.